The summed E-state index contributed by atoms with van der Waals surface area (Å²) in [5, 5.41) is 1.36. The lowest BCUT2D eigenvalue weighted by molar-refractivity contribution is 1.01. The van der Waals surface area contributed by atoms with Gasteiger partial charge in [-0.1, -0.05) is 0 Å². The minimum absolute atomic E-state index is 0.245. The van der Waals surface area contributed by atoms with E-state index < -0.39 is 0 Å². The van der Waals surface area contributed by atoms with Crippen LogP contribution in [0.1, 0.15) is 5.69 Å². The van der Waals surface area contributed by atoms with Gasteiger partial charge in [0, 0.05) is 29.7 Å². The van der Waals surface area contributed by atoms with E-state index in [2.05, 4.69) is 15.0 Å². The van der Waals surface area contributed by atoms with E-state index in [0.29, 0.717) is 0 Å². The van der Waals surface area contributed by atoms with Crippen LogP contribution in [-0.2, 0) is 0 Å². The van der Waals surface area contributed by atoms with Crippen LogP contribution in [0, 0.1) is 6.92 Å². The predicted octanol–water partition coefficient (Wildman–Crippen LogP) is 2.78. The molecule has 84 valence electrons. The lowest BCUT2D eigenvalue weighted by atomic mass is 10.2. The SMILES string of the molecule is Cc1nccc2c1ccn2-c1ccnc(Cl)n1. The van der Waals surface area contributed by atoms with Crippen molar-refractivity contribution in [1.29, 1.82) is 0 Å². The van der Waals surface area contributed by atoms with E-state index >= 15 is 0 Å². The van der Waals surface area contributed by atoms with E-state index in [-0.39, 0.29) is 5.28 Å². The Labute approximate surface area is 103 Å². The number of aryl methyl sites for hydroxylation is 1. The molecule has 3 aromatic heterocycles. The minimum Gasteiger partial charge on any atom is -0.301 e. The van der Waals surface area contributed by atoms with Gasteiger partial charge in [-0.3, -0.25) is 4.98 Å². The molecular weight excluding hydrogens is 236 g/mol. The summed E-state index contributed by atoms with van der Waals surface area (Å²) < 4.78 is 1.97. The monoisotopic (exact) mass is 244 g/mol. The smallest absolute Gasteiger partial charge is 0.224 e. The highest BCUT2D eigenvalue weighted by molar-refractivity contribution is 6.28. The molecule has 5 heteroatoms. The fourth-order valence-corrected chi connectivity index (χ4v) is 2.01. The number of aromatic nitrogens is 4. The molecule has 0 saturated carbocycles. The molecule has 3 aromatic rings. The van der Waals surface area contributed by atoms with Crippen molar-refractivity contribution >= 4 is 22.5 Å². The van der Waals surface area contributed by atoms with Crippen LogP contribution in [-0.4, -0.2) is 19.5 Å². The summed E-state index contributed by atoms with van der Waals surface area (Å²) in [7, 11) is 0. The summed E-state index contributed by atoms with van der Waals surface area (Å²) in [5.41, 5.74) is 2.06. The van der Waals surface area contributed by atoms with E-state index in [4.69, 9.17) is 11.6 Å². The maximum atomic E-state index is 5.80. The van der Waals surface area contributed by atoms with Crippen LogP contribution in [0.3, 0.4) is 0 Å². The van der Waals surface area contributed by atoms with Gasteiger partial charge in [-0.05, 0) is 36.7 Å². The molecule has 0 aliphatic carbocycles. The lowest BCUT2D eigenvalue weighted by Gasteiger charge is -2.04. The number of halogens is 1. The largest absolute Gasteiger partial charge is 0.301 e. The van der Waals surface area contributed by atoms with Crippen molar-refractivity contribution in [2.24, 2.45) is 0 Å². The molecule has 0 fully saturated rings. The van der Waals surface area contributed by atoms with E-state index in [1.54, 1.807) is 12.4 Å². The summed E-state index contributed by atoms with van der Waals surface area (Å²) in [6.45, 7) is 1.99. The molecule has 0 bridgehead atoms. The van der Waals surface area contributed by atoms with Crippen molar-refractivity contribution in [1.82, 2.24) is 19.5 Å². The lowest BCUT2D eigenvalue weighted by Crippen LogP contribution is -1.97. The van der Waals surface area contributed by atoms with Gasteiger partial charge >= 0.3 is 0 Å². The average molecular weight is 245 g/mol. The number of nitrogens with zero attached hydrogens (tertiary/aromatic N) is 4. The van der Waals surface area contributed by atoms with Gasteiger partial charge in [-0.25, -0.2) is 4.98 Å². The number of fused-ring (bicyclic) bond motifs is 1. The Balaban J connectivity index is 2.28. The van der Waals surface area contributed by atoms with Crippen molar-refractivity contribution in [2.45, 2.75) is 6.92 Å². The molecule has 0 saturated heterocycles. The number of pyridine rings is 1. The quantitative estimate of drug-likeness (QED) is 0.618. The molecule has 0 aliphatic heterocycles. The summed E-state index contributed by atoms with van der Waals surface area (Å²) in [5.74, 6) is 0.755. The van der Waals surface area contributed by atoms with Crippen LogP contribution in [0.5, 0.6) is 0 Å². The molecule has 0 amide bonds. The molecule has 0 atom stereocenters. The maximum Gasteiger partial charge on any atom is 0.224 e. The van der Waals surface area contributed by atoms with Gasteiger partial charge in [-0.2, -0.15) is 4.98 Å². The molecule has 0 spiro atoms. The van der Waals surface area contributed by atoms with Crippen molar-refractivity contribution < 1.29 is 0 Å². The zero-order chi connectivity index (χ0) is 11.8. The van der Waals surface area contributed by atoms with Crippen LogP contribution < -0.4 is 0 Å². The zero-order valence-corrected chi connectivity index (χ0v) is 9.89. The Bertz CT molecular complexity index is 690. The predicted molar refractivity (Wildman–Crippen MR) is 66.4 cm³/mol. The van der Waals surface area contributed by atoms with Gasteiger partial charge in [0.2, 0.25) is 5.28 Å². The summed E-state index contributed by atoms with van der Waals surface area (Å²) >= 11 is 5.80. The third-order valence-electron chi connectivity index (χ3n) is 2.67. The zero-order valence-electron chi connectivity index (χ0n) is 9.13. The third kappa shape index (κ3) is 1.66. The minimum atomic E-state index is 0.245. The second kappa shape index (κ2) is 3.82. The molecule has 0 aromatic carbocycles. The van der Waals surface area contributed by atoms with E-state index in [1.807, 2.05) is 35.9 Å². The first-order valence-corrected chi connectivity index (χ1v) is 5.55. The van der Waals surface area contributed by atoms with Gasteiger partial charge in [0.05, 0.1) is 5.52 Å². The first-order chi connectivity index (χ1) is 8.25. The first kappa shape index (κ1) is 10.2. The molecule has 17 heavy (non-hydrogen) atoms. The van der Waals surface area contributed by atoms with Crippen molar-refractivity contribution in [3.05, 3.63) is 47.8 Å². The number of hydrogen-bond acceptors (Lipinski definition) is 3. The van der Waals surface area contributed by atoms with Gasteiger partial charge < -0.3 is 4.57 Å². The molecule has 0 aliphatic rings. The Hall–Kier alpha value is -1.94. The summed E-state index contributed by atoms with van der Waals surface area (Å²) in [4.78, 5) is 12.3. The molecule has 0 radical (unpaired) electrons. The normalized spacial score (nSPS) is 10.9. The molecule has 3 heterocycles. The molecule has 0 unspecified atom stereocenters. The van der Waals surface area contributed by atoms with Gasteiger partial charge in [0.1, 0.15) is 5.82 Å². The van der Waals surface area contributed by atoms with E-state index in [9.17, 15) is 0 Å². The van der Waals surface area contributed by atoms with E-state index in [0.717, 1.165) is 22.4 Å². The highest BCUT2D eigenvalue weighted by Crippen LogP contribution is 2.21. The Morgan fingerprint density at radius 2 is 1.94 bits per heavy atom. The topological polar surface area (TPSA) is 43.6 Å². The van der Waals surface area contributed by atoms with Crippen LogP contribution in [0.25, 0.3) is 16.7 Å². The second-order valence-electron chi connectivity index (χ2n) is 3.70. The Morgan fingerprint density at radius 1 is 1.12 bits per heavy atom. The average Bonchev–Trinajstić information content (AvgIpc) is 2.74. The van der Waals surface area contributed by atoms with Crippen LogP contribution in [0.2, 0.25) is 5.28 Å². The van der Waals surface area contributed by atoms with Crippen molar-refractivity contribution in [3.63, 3.8) is 0 Å². The molecule has 3 rings (SSSR count). The Kier molecular flexibility index (Phi) is 2.30. The maximum absolute atomic E-state index is 5.80. The Morgan fingerprint density at radius 3 is 2.76 bits per heavy atom. The van der Waals surface area contributed by atoms with E-state index in [1.165, 1.54) is 0 Å². The summed E-state index contributed by atoms with van der Waals surface area (Å²) in [6.07, 6.45) is 5.39. The number of rotatable bonds is 1. The standard InChI is InChI=1S/C12H9ClN4/c1-8-9-4-7-17(10(9)2-5-14-8)11-3-6-15-12(13)16-11/h2-7H,1H3. The summed E-state index contributed by atoms with van der Waals surface area (Å²) in [6, 6.07) is 5.80. The second-order valence-corrected chi connectivity index (χ2v) is 4.04. The van der Waals surface area contributed by atoms with Gasteiger partial charge in [0.25, 0.3) is 0 Å². The first-order valence-electron chi connectivity index (χ1n) is 5.17. The van der Waals surface area contributed by atoms with Crippen molar-refractivity contribution in [3.8, 4) is 5.82 Å². The highest BCUT2D eigenvalue weighted by Gasteiger charge is 2.06. The highest BCUT2D eigenvalue weighted by atomic mass is 35.5. The third-order valence-corrected chi connectivity index (χ3v) is 2.86. The molecule has 4 nitrogen and oxygen atoms in total. The van der Waals surface area contributed by atoms with Crippen LogP contribution in [0.4, 0.5) is 0 Å². The van der Waals surface area contributed by atoms with Crippen LogP contribution >= 0.6 is 11.6 Å². The fraction of sp³-hybridized carbons (Fsp3) is 0.0833. The molecular formula is C12H9ClN4. The van der Waals surface area contributed by atoms with Crippen molar-refractivity contribution in [2.75, 3.05) is 0 Å². The van der Waals surface area contributed by atoms with Crippen LogP contribution in [0.15, 0.2) is 36.8 Å². The fourth-order valence-electron chi connectivity index (χ4n) is 1.87. The van der Waals surface area contributed by atoms with Gasteiger partial charge in [0.15, 0.2) is 0 Å². The van der Waals surface area contributed by atoms with Gasteiger partial charge in [-0.15, -0.1) is 0 Å². The molecule has 0 N–H and O–H groups in total. The number of hydrogen-bond donors (Lipinski definition) is 0.